The summed E-state index contributed by atoms with van der Waals surface area (Å²) in [4.78, 5) is 29.4. The van der Waals surface area contributed by atoms with E-state index in [0.29, 0.717) is 18.3 Å². The largest absolute Gasteiger partial charge is 0.352 e. The Morgan fingerprint density at radius 2 is 2.07 bits per heavy atom. The summed E-state index contributed by atoms with van der Waals surface area (Å²) >= 11 is 0. The maximum atomic E-state index is 12.3. The van der Waals surface area contributed by atoms with Crippen LogP contribution in [0.5, 0.6) is 0 Å². The van der Waals surface area contributed by atoms with E-state index in [2.05, 4.69) is 25.0 Å². The fourth-order valence-electron chi connectivity index (χ4n) is 3.34. The first-order chi connectivity index (χ1) is 13.1. The maximum Gasteiger partial charge on any atom is 0.266 e. The van der Waals surface area contributed by atoms with E-state index in [1.807, 2.05) is 31.3 Å². The van der Waals surface area contributed by atoms with E-state index in [0.717, 1.165) is 25.2 Å². The van der Waals surface area contributed by atoms with Gasteiger partial charge in [-0.05, 0) is 25.0 Å². The van der Waals surface area contributed by atoms with Crippen molar-refractivity contribution in [2.45, 2.75) is 25.4 Å². The van der Waals surface area contributed by atoms with Crippen LogP contribution in [0.25, 0.3) is 5.82 Å². The van der Waals surface area contributed by atoms with Gasteiger partial charge in [-0.3, -0.25) is 9.36 Å². The molecule has 9 heteroatoms. The Hall–Kier alpha value is -3.23. The summed E-state index contributed by atoms with van der Waals surface area (Å²) in [6, 6.07) is 5.35. The SMILES string of the molecule is CN(C)c1nccc(N2CCCC2Cn2nc(-n3ccnc3)ccc2=O)n1. The summed E-state index contributed by atoms with van der Waals surface area (Å²) in [5.74, 6) is 2.24. The Bertz CT molecular complexity index is 965. The number of hydrogen-bond acceptors (Lipinski definition) is 7. The first kappa shape index (κ1) is 17.2. The molecule has 0 aliphatic carbocycles. The third-order valence-electron chi connectivity index (χ3n) is 4.70. The first-order valence-electron chi connectivity index (χ1n) is 8.95. The zero-order valence-corrected chi connectivity index (χ0v) is 15.4. The third-order valence-corrected chi connectivity index (χ3v) is 4.70. The van der Waals surface area contributed by atoms with Gasteiger partial charge in [0.05, 0.1) is 12.6 Å². The Kier molecular flexibility index (Phi) is 4.57. The molecule has 1 aliphatic rings. The minimum Gasteiger partial charge on any atom is -0.352 e. The molecule has 27 heavy (non-hydrogen) atoms. The van der Waals surface area contributed by atoms with E-state index in [1.165, 1.54) is 4.68 Å². The molecular formula is C18H22N8O. The Morgan fingerprint density at radius 1 is 1.19 bits per heavy atom. The highest BCUT2D eigenvalue weighted by molar-refractivity contribution is 5.45. The topological polar surface area (TPSA) is 85.0 Å². The third kappa shape index (κ3) is 3.53. The number of hydrogen-bond donors (Lipinski definition) is 0. The highest BCUT2D eigenvalue weighted by Crippen LogP contribution is 2.25. The van der Waals surface area contributed by atoms with Gasteiger partial charge in [0.2, 0.25) is 5.95 Å². The summed E-state index contributed by atoms with van der Waals surface area (Å²) in [5, 5.41) is 4.51. The normalized spacial score (nSPS) is 16.7. The van der Waals surface area contributed by atoms with Gasteiger partial charge in [-0.2, -0.15) is 10.1 Å². The van der Waals surface area contributed by atoms with Crippen molar-refractivity contribution < 1.29 is 0 Å². The van der Waals surface area contributed by atoms with E-state index in [9.17, 15) is 4.79 Å². The van der Waals surface area contributed by atoms with Crippen LogP contribution in [0.3, 0.4) is 0 Å². The van der Waals surface area contributed by atoms with Gasteiger partial charge in [0, 0.05) is 45.3 Å². The van der Waals surface area contributed by atoms with Crippen LogP contribution in [0.4, 0.5) is 11.8 Å². The van der Waals surface area contributed by atoms with E-state index in [-0.39, 0.29) is 11.6 Å². The molecule has 0 aromatic carbocycles. The molecule has 1 unspecified atom stereocenters. The fourth-order valence-corrected chi connectivity index (χ4v) is 3.34. The van der Waals surface area contributed by atoms with Crippen LogP contribution >= 0.6 is 0 Å². The molecule has 4 heterocycles. The van der Waals surface area contributed by atoms with Gasteiger partial charge >= 0.3 is 0 Å². The van der Waals surface area contributed by atoms with Gasteiger partial charge in [0.25, 0.3) is 5.56 Å². The number of anilines is 2. The molecule has 4 rings (SSSR count). The number of aromatic nitrogens is 6. The molecule has 1 fully saturated rings. The van der Waals surface area contributed by atoms with Crippen molar-refractivity contribution in [2.24, 2.45) is 0 Å². The first-order valence-corrected chi connectivity index (χ1v) is 8.95. The fraction of sp³-hybridized carbons (Fsp3) is 0.389. The minimum atomic E-state index is -0.109. The molecule has 0 bridgehead atoms. The van der Waals surface area contributed by atoms with Gasteiger partial charge in [-0.1, -0.05) is 0 Å². The van der Waals surface area contributed by atoms with Crippen LogP contribution in [0.1, 0.15) is 12.8 Å². The van der Waals surface area contributed by atoms with Crippen molar-refractivity contribution >= 4 is 11.8 Å². The summed E-state index contributed by atoms with van der Waals surface area (Å²) in [5.41, 5.74) is -0.109. The highest BCUT2D eigenvalue weighted by Gasteiger charge is 2.27. The summed E-state index contributed by atoms with van der Waals surface area (Å²) in [6.45, 7) is 1.42. The van der Waals surface area contributed by atoms with Crippen molar-refractivity contribution in [1.29, 1.82) is 0 Å². The van der Waals surface area contributed by atoms with Gasteiger partial charge in [0.15, 0.2) is 5.82 Å². The second-order valence-corrected chi connectivity index (χ2v) is 6.78. The second-order valence-electron chi connectivity index (χ2n) is 6.78. The summed E-state index contributed by atoms with van der Waals surface area (Å²) < 4.78 is 3.32. The molecule has 9 nitrogen and oxygen atoms in total. The molecular weight excluding hydrogens is 344 g/mol. The standard InChI is InChI=1S/C18H22N8O/c1-23(2)18-20-8-7-15(21-18)25-10-3-4-14(25)12-26-17(27)6-5-16(22-26)24-11-9-19-13-24/h5-9,11,13-14H,3-4,10,12H2,1-2H3. The molecule has 3 aromatic rings. The maximum absolute atomic E-state index is 12.3. The number of rotatable bonds is 5. The van der Waals surface area contributed by atoms with E-state index >= 15 is 0 Å². The van der Waals surface area contributed by atoms with Crippen molar-refractivity contribution in [3.05, 3.63) is 53.5 Å². The van der Waals surface area contributed by atoms with Crippen molar-refractivity contribution in [3.8, 4) is 5.82 Å². The van der Waals surface area contributed by atoms with Crippen LogP contribution in [0, 0.1) is 0 Å². The zero-order chi connectivity index (χ0) is 18.8. The Morgan fingerprint density at radius 3 is 2.85 bits per heavy atom. The van der Waals surface area contributed by atoms with Crippen LogP contribution in [-0.2, 0) is 6.54 Å². The molecule has 1 aliphatic heterocycles. The lowest BCUT2D eigenvalue weighted by molar-refractivity contribution is 0.484. The van der Waals surface area contributed by atoms with Gasteiger partial charge < -0.3 is 9.80 Å². The average Bonchev–Trinajstić information content (AvgIpc) is 3.35. The average molecular weight is 366 g/mol. The molecule has 0 spiro atoms. The van der Waals surface area contributed by atoms with Crippen LogP contribution in [0.15, 0.2) is 47.9 Å². The number of nitrogens with zero attached hydrogens (tertiary/aromatic N) is 8. The van der Waals surface area contributed by atoms with Gasteiger partial charge in [-0.25, -0.2) is 14.6 Å². The van der Waals surface area contributed by atoms with Crippen LogP contribution in [0.2, 0.25) is 0 Å². The van der Waals surface area contributed by atoms with E-state index in [1.54, 1.807) is 35.4 Å². The van der Waals surface area contributed by atoms with Crippen LogP contribution in [-0.4, -0.2) is 56.0 Å². The lowest BCUT2D eigenvalue weighted by atomic mass is 10.2. The highest BCUT2D eigenvalue weighted by atomic mass is 16.1. The lowest BCUT2D eigenvalue weighted by Gasteiger charge is -2.26. The molecule has 0 N–H and O–H groups in total. The van der Waals surface area contributed by atoms with Crippen molar-refractivity contribution in [2.75, 3.05) is 30.4 Å². The molecule has 0 saturated carbocycles. The quantitative estimate of drug-likeness (QED) is 0.665. The van der Waals surface area contributed by atoms with Crippen molar-refractivity contribution in [1.82, 2.24) is 29.3 Å². The predicted molar refractivity (Wildman–Crippen MR) is 102 cm³/mol. The molecule has 0 amide bonds. The van der Waals surface area contributed by atoms with E-state index in [4.69, 9.17) is 0 Å². The molecule has 1 atom stereocenters. The molecule has 3 aromatic heterocycles. The Balaban J connectivity index is 1.60. The van der Waals surface area contributed by atoms with Gasteiger partial charge in [0.1, 0.15) is 12.1 Å². The monoisotopic (exact) mass is 366 g/mol. The van der Waals surface area contributed by atoms with E-state index < -0.39 is 0 Å². The van der Waals surface area contributed by atoms with Crippen molar-refractivity contribution in [3.63, 3.8) is 0 Å². The lowest BCUT2D eigenvalue weighted by Crippen LogP contribution is -2.37. The summed E-state index contributed by atoms with van der Waals surface area (Å²) in [7, 11) is 3.84. The molecule has 140 valence electrons. The molecule has 0 radical (unpaired) electrons. The van der Waals surface area contributed by atoms with Gasteiger partial charge in [-0.15, -0.1) is 0 Å². The Labute approximate surface area is 156 Å². The zero-order valence-electron chi connectivity index (χ0n) is 15.4. The second kappa shape index (κ2) is 7.18. The van der Waals surface area contributed by atoms with Crippen LogP contribution < -0.4 is 15.4 Å². The summed E-state index contributed by atoms with van der Waals surface area (Å²) in [6.07, 6.45) is 8.99. The minimum absolute atomic E-state index is 0.109. The smallest absolute Gasteiger partial charge is 0.266 e. The number of imidazole rings is 1. The molecule has 1 saturated heterocycles. The predicted octanol–water partition coefficient (Wildman–Crippen LogP) is 0.954.